The fourth-order valence-electron chi connectivity index (χ4n) is 10.5. The summed E-state index contributed by atoms with van der Waals surface area (Å²) >= 11 is 0. The molecular weight excluding hydrogens is 1080 g/mol. The smallest absolute Gasteiger partial charge is 0.456 e. The maximum atomic E-state index is 13.6. The Kier molecular flexibility index (Phi) is 63.0. The van der Waals surface area contributed by atoms with Crippen LogP contribution in [0.1, 0.15) is 335 Å². The maximum absolute atomic E-state index is 13.6. The van der Waals surface area contributed by atoms with Crippen molar-refractivity contribution in [2.45, 2.75) is 348 Å². The average Bonchev–Trinajstić information content (AvgIpc) is 3.69. The maximum Gasteiger partial charge on any atom is 0.472 e. The van der Waals surface area contributed by atoms with Gasteiger partial charge in [-0.2, -0.15) is 0 Å². The summed E-state index contributed by atoms with van der Waals surface area (Å²) in [6, 6.07) is -0.870. The van der Waals surface area contributed by atoms with E-state index >= 15 is 0 Å². The van der Waals surface area contributed by atoms with Crippen LogP contribution in [-0.2, 0) is 27.9 Å². The van der Waals surface area contributed by atoms with Crippen molar-refractivity contribution in [2.24, 2.45) is 0 Å². The molecule has 0 aliphatic carbocycles. The van der Waals surface area contributed by atoms with Crippen molar-refractivity contribution in [3.8, 4) is 0 Å². The van der Waals surface area contributed by atoms with Crippen LogP contribution in [0.2, 0.25) is 0 Å². The Morgan fingerprint density at radius 2 is 0.744 bits per heavy atom. The van der Waals surface area contributed by atoms with E-state index in [4.69, 9.17) is 13.8 Å². The number of phosphoric ester groups is 1. The molecule has 86 heavy (non-hydrogen) atoms. The summed E-state index contributed by atoms with van der Waals surface area (Å²) in [5, 5.41) is 3.06. The van der Waals surface area contributed by atoms with Crippen molar-refractivity contribution in [3.05, 3.63) is 85.1 Å². The summed E-state index contributed by atoms with van der Waals surface area (Å²) in [5.74, 6) is -0.546. The van der Waals surface area contributed by atoms with Crippen LogP contribution in [0, 0.1) is 0 Å². The number of hydrogen-bond donors (Lipinski definition) is 2. The first-order valence-electron chi connectivity index (χ1n) is 36.4. The number of allylic oxidation sites excluding steroid dienone is 13. The molecule has 10 heteroatoms. The van der Waals surface area contributed by atoms with E-state index in [2.05, 4.69) is 99.0 Å². The first-order chi connectivity index (χ1) is 41.9. The van der Waals surface area contributed by atoms with Crippen LogP contribution in [0.5, 0.6) is 0 Å². The van der Waals surface area contributed by atoms with Crippen LogP contribution in [-0.4, -0.2) is 74.3 Å². The minimum Gasteiger partial charge on any atom is -0.456 e. The number of nitrogens with zero attached hydrogens (tertiary/aromatic N) is 1. The fraction of sp³-hybridized carbons (Fsp3) is 0.789. The SMILES string of the molecule is CC/C=C\C/C=C\C/C=C\C/C=C\C/C=C\C/C=C\CCCCC(=O)OC(/C=C/CCCCCCCCCCCC)C(COP(=O)(O)OCC[N+](C)(C)C)NC(=O)CCCCCCCCCCCCCCCCCCCCCCCCCCCCC. The molecule has 500 valence electrons. The van der Waals surface area contributed by atoms with Gasteiger partial charge in [-0.05, 0) is 83.1 Å². The summed E-state index contributed by atoms with van der Waals surface area (Å²) in [4.78, 5) is 37.9. The Balaban J connectivity index is 5.06. The van der Waals surface area contributed by atoms with E-state index in [1.165, 1.54) is 205 Å². The molecule has 0 saturated heterocycles. The van der Waals surface area contributed by atoms with Crippen molar-refractivity contribution < 1.29 is 37.3 Å². The molecule has 0 bridgehead atoms. The second-order valence-electron chi connectivity index (χ2n) is 25.7. The van der Waals surface area contributed by atoms with Gasteiger partial charge in [-0.25, -0.2) is 4.57 Å². The minimum absolute atomic E-state index is 0.0314. The van der Waals surface area contributed by atoms with Crippen LogP contribution in [0.25, 0.3) is 0 Å². The molecular formula is C76H140N2O7P+. The summed E-state index contributed by atoms with van der Waals surface area (Å²) < 4.78 is 30.8. The summed E-state index contributed by atoms with van der Waals surface area (Å²) in [6.07, 6.45) is 87.6. The van der Waals surface area contributed by atoms with Gasteiger partial charge >= 0.3 is 13.8 Å². The van der Waals surface area contributed by atoms with Crippen LogP contribution in [0.15, 0.2) is 85.1 Å². The van der Waals surface area contributed by atoms with E-state index in [0.717, 1.165) is 89.9 Å². The molecule has 0 fully saturated rings. The first kappa shape index (κ1) is 83.2. The number of esters is 1. The topological polar surface area (TPSA) is 111 Å². The Hall–Kier alpha value is -2.81. The molecule has 1 amide bonds. The molecule has 0 heterocycles. The molecule has 3 unspecified atom stereocenters. The molecule has 0 saturated carbocycles. The number of amides is 1. The van der Waals surface area contributed by atoms with Crippen molar-refractivity contribution >= 4 is 19.7 Å². The van der Waals surface area contributed by atoms with Crippen LogP contribution < -0.4 is 5.32 Å². The second kappa shape index (κ2) is 65.2. The Morgan fingerprint density at radius 1 is 0.419 bits per heavy atom. The first-order valence-corrected chi connectivity index (χ1v) is 37.9. The molecule has 2 N–H and O–H groups in total. The van der Waals surface area contributed by atoms with E-state index in [1.807, 2.05) is 33.3 Å². The quantitative estimate of drug-likeness (QED) is 0.0205. The van der Waals surface area contributed by atoms with Crippen molar-refractivity contribution in [2.75, 3.05) is 40.9 Å². The number of hydrogen-bond acceptors (Lipinski definition) is 6. The predicted octanol–water partition coefficient (Wildman–Crippen LogP) is 23.3. The number of quaternary nitrogens is 1. The van der Waals surface area contributed by atoms with Crippen LogP contribution >= 0.6 is 7.82 Å². The highest BCUT2D eigenvalue weighted by molar-refractivity contribution is 7.47. The van der Waals surface area contributed by atoms with Gasteiger partial charge in [-0.3, -0.25) is 18.6 Å². The Labute approximate surface area is 533 Å². The van der Waals surface area contributed by atoms with Gasteiger partial charge in [0, 0.05) is 12.8 Å². The third-order valence-corrected chi connectivity index (χ3v) is 17.1. The summed E-state index contributed by atoms with van der Waals surface area (Å²) in [5.41, 5.74) is 0. The van der Waals surface area contributed by atoms with E-state index in [1.54, 1.807) is 0 Å². The van der Waals surface area contributed by atoms with E-state index in [-0.39, 0.29) is 31.5 Å². The second-order valence-corrected chi connectivity index (χ2v) is 27.2. The lowest BCUT2D eigenvalue weighted by atomic mass is 10.0. The summed E-state index contributed by atoms with van der Waals surface area (Å²) in [6.45, 7) is 6.91. The van der Waals surface area contributed by atoms with Crippen molar-refractivity contribution in [1.82, 2.24) is 5.32 Å². The van der Waals surface area contributed by atoms with Crippen LogP contribution in [0.4, 0.5) is 0 Å². The van der Waals surface area contributed by atoms with E-state index < -0.39 is 20.0 Å². The minimum atomic E-state index is -4.47. The molecule has 0 aliphatic rings. The molecule has 9 nitrogen and oxygen atoms in total. The number of likely N-dealkylation sites (N-methyl/N-ethyl adjacent to an activating group) is 1. The number of carbonyl (C=O) groups is 2. The number of ether oxygens (including phenoxy) is 1. The zero-order valence-corrected chi connectivity index (χ0v) is 58.2. The monoisotopic (exact) mass is 1220 g/mol. The molecule has 0 aliphatic heterocycles. The highest BCUT2D eigenvalue weighted by Gasteiger charge is 2.30. The molecule has 0 aromatic heterocycles. The standard InChI is InChI=1S/C76H139N2O7P/c1-7-10-13-16-19-22-25-28-30-32-34-36-37-38-39-40-41-43-44-46-48-50-53-56-59-62-65-68-75(79)77-73(72-84-86(81,82)83-71-70-78(4,5)6)74(67-64-61-58-55-52-27-24-21-18-15-12-9-3)85-76(80)69-66-63-60-57-54-51-49-47-45-42-35-33-31-29-26-23-20-17-14-11-8-2/h11,14,20,23,29,31,35,42,47,49,54,57,64,67,73-74H,7-10,12-13,15-19,21-22,24-28,30,32-34,36-41,43-46,48,50-53,55-56,58-63,65-66,68-72H2,1-6H3,(H-,77,79,81,82)/p+1/b14-11-,23-20-,31-29-,42-35-,49-47-,57-54-,67-64+. The third kappa shape index (κ3) is 65.6. The molecule has 0 aromatic carbocycles. The number of unbranched alkanes of at least 4 members (excludes halogenated alkanes) is 38. The van der Waals surface area contributed by atoms with Crippen molar-refractivity contribution in [3.63, 3.8) is 0 Å². The predicted molar refractivity (Wildman–Crippen MR) is 374 cm³/mol. The lowest BCUT2D eigenvalue weighted by Gasteiger charge is -2.27. The van der Waals surface area contributed by atoms with E-state index in [0.29, 0.717) is 23.9 Å². The van der Waals surface area contributed by atoms with Crippen LogP contribution in [0.3, 0.4) is 0 Å². The fourth-order valence-corrected chi connectivity index (χ4v) is 11.3. The van der Waals surface area contributed by atoms with Gasteiger partial charge in [0.2, 0.25) is 5.91 Å². The largest absolute Gasteiger partial charge is 0.472 e. The van der Waals surface area contributed by atoms with Gasteiger partial charge in [0.25, 0.3) is 0 Å². The van der Waals surface area contributed by atoms with Gasteiger partial charge in [0.15, 0.2) is 0 Å². The summed E-state index contributed by atoms with van der Waals surface area (Å²) in [7, 11) is 1.47. The lowest BCUT2D eigenvalue weighted by molar-refractivity contribution is -0.870. The zero-order chi connectivity index (χ0) is 62.8. The Bertz CT molecular complexity index is 1750. The molecule has 0 spiro atoms. The normalized spacial score (nSPS) is 14.0. The van der Waals surface area contributed by atoms with Gasteiger partial charge in [-0.1, -0.05) is 324 Å². The van der Waals surface area contributed by atoms with Gasteiger partial charge in [0.05, 0.1) is 33.8 Å². The molecule has 0 rings (SSSR count). The van der Waals surface area contributed by atoms with Gasteiger partial charge in [-0.15, -0.1) is 0 Å². The van der Waals surface area contributed by atoms with E-state index in [9.17, 15) is 19.0 Å². The highest BCUT2D eigenvalue weighted by atomic mass is 31.2. The number of rotatable bonds is 66. The van der Waals surface area contributed by atoms with Gasteiger partial charge in [0.1, 0.15) is 19.3 Å². The zero-order valence-electron chi connectivity index (χ0n) is 57.3. The third-order valence-electron chi connectivity index (χ3n) is 16.1. The number of carbonyl (C=O) groups excluding carboxylic acids is 2. The molecule has 0 radical (unpaired) electrons. The number of phosphoric acid groups is 1. The molecule has 0 aromatic rings. The Morgan fingerprint density at radius 3 is 1.13 bits per heavy atom. The lowest BCUT2D eigenvalue weighted by Crippen LogP contribution is -2.47. The van der Waals surface area contributed by atoms with Crippen molar-refractivity contribution in [1.29, 1.82) is 0 Å². The number of nitrogens with one attached hydrogen (secondary N) is 1. The average molecular weight is 1220 g/mol. The van der Waals surface area contributed by atoms with Gasteiger partial charge < -0.3 is 19.4 Å². The highest BCUT2D eigenvalue weighted by Crippen LogP contribution is 2.43. The molecule has 3 atom stereocenters.